The van der Waals surface area contributed by atoms with E-state index in [0.717, 1.165) is 5.69 Å². The number of rotatable bonds is 8. The van der Waals surface area contributed by atoms with Gasteiger partial charge in [-0.2, -0.15) is 4.68 Å². The molecular weight excluding hydrogens is 426 g/mol. The van der Waals surface area contributed by atoms with E-state index >= 15 is 0 Å². The Labute approximate surface area is 189 Å². The van der Waals surface area contributed by atoms with Crippen LogP contribution in [0.1, 0.15) is 18.7 Å². The van der Waals surface area contributed by atoms with E-state index < -0.39 is 0 Å². The first-order chi connectivity index (χ1) is 16.0. The molecule has 33 heavy (non-hydrogen) atoms. The van der Waals surface area contributed by atoms with Gasteiger partial charge in [-0.1, -0.05) is 6.07 Å². The Hall–Kier alpha value is -4.28. The number of tetrazole rings is 1. The van der Waals surface area contributed by atoms with Crippen LogP contribution in [-0.2, 0) is 11.3 Å². The van der Waals surface area contributed by atoms with Gasteiger partial charge < -0.3 is 14.8 Å². The lowest BCUT2D eigenvalue weighted by atomic mass is 10.2. The summed E-state index contributed by atoms with van der Waals surface area (Å²) in [6.07, 6.45) is 2.19. The Bertz CT molecular complexity index is 1360. The predicted octanol–water partition coefficient (Wildman–Crippen LogP) is 2.12. The molecule has 0 spiro atoms. The van der Waals surface area contributed by atoms with Crippen LogP contribution in [0.4, 0.5) is 5.69 Å². The molecule has 2 aromatic heterocycles. The summed E-state index contributed by atoms with van der Waals surface area (Å²) in [6, 6.07) is 10.5. The highest BCUT2D eigenvalue weighted by atomic mass is 16.5. The van der Waals surface area contributed by atoms with Gasteiger partial charge in [0.15, 0.2) is 17.3 Å². The maximum atomic E-state index is 12.8. The summed E-state index contributed by atoms with van der Waals surface area (Å²) in [6.45, 7) is 2.15. The number of carbonyl (C=O) groups is 1. The molecule has 0 saturated heterocycles. The van der Waals surface area contributed by atoms with Crippen LogP contribution in [0.2, 0.25) is 0 Å². The van der Waals surface area contributed by atoms with Gasteiger partial charge in [-0.3, -0.25) is 14.2 Å². The molecule has 0 aliphatic rings. The van der Waals surface area contributed by atoms with Crippen molar-refractivity contribution in [3.63, 3.8) is 0 Å². The van der Waals surface area contributed by atoms with Gasteiger partial charge in [-0.15, -0.1) is 5.10 Å². The number of hydrogen-bond donors (Lipinski definition) is 1. The predicted molar refractivity (Wildman–Crippen MR) is 121 cm³/mol. The molecule has 1 N–H and O–H groups in total. The molecule has 2 aromatic carbocycles. The Morgan fingerprint density at radius 3 is 2.64 bits per heavy atom. The zero-order valence-corrected chi connectivity index (χ0v) is 18.5. The zero-order valence-electron chi connectivity index (χ0n) is 18.5. The van der Waals surface area contributed by atoms with E-state index in [9.17, 15) is 9.59 Å². The van der Waals surface area contributed by atoms with Crippen LogP contribution in [0.25, 0.3) is 16.6 Å². The lowest BCUT2D eigenvalue weighted by molar-refractivity contribution is -0.116. The molecule has 11 heteroatoms. The second kappa shape index (κ2) is 9.47. The first-order valence-electron chi connectivity index (χ1n) is 10.3. The van der Waals surface area contributed by atoms with Gasteiger partial charge >= 0.3 is 0 Å². The van der Waals surface area contributed by atoms with Crippen molar-refractivity contribution in [2.24, 2.45) is 0 Å². The standard InChI is InChI=1S/C22H23N7O4/c1-14-25-26-27-29(14)16-7-4-6-15(10-16)24-21(30)8-5-9-28-13-23-18-12-20(33-3)19(32-2)11-17(18)22(28)31/h4,6-7,10-13H,5,8-9H2,1-3H3,(H,24,30). The number of amides is 1. The monoisotopic (exact) mass is 449 g/mol. The van der Waals surface area contributed by atoms with Crippen LogP contribution in [0.5, 0.6) is 11.5 Å². The van der Waals surface area contributed by atoms with Crippen molar-refractivity contribution in [1.29, 1.82) is 0 Å². The number of carbonyl (C=O) groups excluding carboxylic acids is 1. The van der Waals surface area contributed by atoms with Gasteiger partial charge in [0.2, 0.25) is 5.91 Å². The highest BCUT2D eigenvalue weighted by Gasteiger charge is 2.12. The van der Waals surface area contributed by atoms with Gasteiger partial charge in [0.1, 0.15) is 0 Å². The number of anilines is 1. The van der Waals surface area contributed by atoms with Gasteiger partial charge in [-0.05, 0) is 48.0 Å². The molecule has 0 radical (unpaired) electrons. The average molecular weight is 449 g/mol. The lowest BCUT2D eigenvalue weighted by Gasteiger charge is -2.11. The molecule has 0 aliphatic carbocycles. The number of nitrogens with one attached hydrogen (secondary N) is 1. The number of nitrogens with zero attached hydrogens (tertiary/aromatic N) is 6. The Morgan fingerprint density at radius 1 is 1.12 bits per heavy atom. The lowest BCUT2D eigenvalue weighted by Crippen LogP contribution is -2.22. The first-order valence-corrected chi connectivity index (χ1v) is 10.3. The van der Waals surface area contributed by atoms with Crippen LogP contribution >= 0.6 is 0 Å². The Kier molecular flexibility index (Phi) is 6.29. The Morgan fingerprint density at radius 2 is 1.91 bits per heavy atom. The molecule has 170 valence electrons. The smallest absolute Gasteiger partial charge is 0.261 e. The third kappa shape index (κ3) is 4.66. The van der Waals surface area contributed by atoms with E-state index in [4.69, 9.17) is 9.47 Å². The third-order valence-corrected chi connectivity index (χ3v) is 5.13. The highest BCUT2D eigenvalue weighted by Crippen LogP contribution is 2.29. The highest BCUT2D eigenvalue weighted by molar-refractivity contribution is 5.91. The summed E-state index contributed by atoms with van der Waals surface area (Å²) in [5.41, 5.74) is 1.70. The van der Waals surface area contributed by atoms with Crippen molar-refractivity contribution >= 4 is 22.5 Å². The summed E-state index contributed by atoms with van der Waals surface area (Å²) in [5, 5.41) is 14.7. The summed E-state index contributed by atoms with van der Waals surface area (Å²) >= 11 is 0. The second-order valence-corrected chi connectivity index (χ2v) is 7.31. The van der Waals surface area contributed by atoms with Gasteiger partial charge in [0.25, 0.3) is 5.56 Å². The van der Waals surface area contributed by atoms with Crippen molar-refractivity contribution < 1.29 is 14.3 Å². The minimum absolute atomic E-state index is 0.159. The average Bonchev–Trinajstić information content (AvgIpc) is 3.25. The molecule has 2 heterocycles. The fourth-order valence-corrected chi connectivity index (χ4v) is 3.46. The number of fused-ring (bicyclic) bond motifs is 1. The summed E-state index contributed by atoms with van der Waals surface area (Å²) in [4.78, 5) is 29.6. The van der Waals surface area contributed by atoms with Crippen LogP contribution in [0.15, 0.2) is 47.5 Å². The van der Waals surface area contributed by atoms with Crippen molar-refractivity contribution in [3.05, 3.63) is 58.9 Å². The molecule has 1 amide bonds. The maximum Gasteiger partial charge on any atom is 0.261 e. The fraction of sp³-hybridized carbons (Fsp3) is 0.273. The number of ether oxygens (including phenoxy) is 2. The number of methoxy groups -OCH3 is 2. The number of benzene rings is 2. The fourth-order valence-electron chi connectivity index (χ4n) is 3.46. The molecule has 4 aromatic rings. The van der Waals surface area contributed by atoms with E-state index in [1.54, 1.807) is 35.9 Å². The largest absolute Gasteiger partial charge is 0.493 e. The molecule has 0 bridgehead atoms. The van der Waals surface area contributed by atoms with E-state index in [2.05, 4.69) is 25.8 Å². The van der Waals surface area contributed by atoms with E-state index in [1.807, 2.05) is 12.1 Å². The van der Waals surface area contributed by atoms with E-state index in [0.29, 0.717) is 46.9 Å². The number of aromatic nitrogens is 6. The molecule has 0 atom stereocenters. The minimum atomic E-state index is -0.203. The summed E-state index contributed by atoms with van der Waals surface area (Å²) in [7, 11) is 3.04. The van der Waals surface area contributed by atoms with Crippen LogP contribution in [0.3, 0.4) is 0 Å². The van der Waals surface area contributed by atoms with E-state index in [1.165, 1.54) is 25.1 Å². The number of hydrogen-bond acceptors (Lipinski definition) is 8. The van der Waals surface area contributed by atoms with Crippen LogP contribution < -0.4 is 20.3 Å². The SMILES string of the molecule is COc1cc2ncn(CCCC(=O)Nc3cccc(-n4nnnc4C)c3)c(=O)c2cc1OC. The van der Waals surface area contributed by atoms with Crippen molar-refractivity contribution in [2.45, 2.75) is 26.3 Å². The molecule has 0 saturated carbocycles. The molecule has 0 unspecified atom stereocenters. The van der Waals surface area contributed by atoms with Gasteiger partial charge in [-0.25, -0.2) is 4.98 Å². The number of aryl methyl sites for hydroxylation is 2. The topological polar surface area (TPSA) is 126 Å². The molecule has 0 aliphatic heterocycles. The van der Waals surface area contributed by atoms with Gasteiger partial charge in [0, 0.05) is 24.7 Å². The van der Waals surface area contributed by atoms with Crippen molar-refractivity contribution in [1.82, 2.24) is 29.8 Å². The minimum Gasteiger partial charge on any atom is -0.493 e. The van der Waals surface area contributed by atoms with Crippen molar-refractivity contribution in [3.8, 4) is 17.2 Å². The molecule has 11 nitrogen and oxygen atoms in total. The zero-order chi connectivity index (χ0) is 23.4. The normalized spacial score (nSPS) is 10.9. The maximum absolute atomic E-state index is 12.8. The molecule has 0 fully saturated rings. The quantitative estimate of drug-likeness (QED) is 0.433. The molecule has 4 rings (SSSR count). The van der Waals surface area contributed by atoms with Gasteiger partial charge in [0.05, 0.1) is 37.1 Å². The summed E-state index contributed by atoms with van der Waals surface area (Å²) in [5.74, 6) is 1.45. The second-order valence-electron chi connectivity index (χ2n) is 7.31. The Balaban J connectivity index is 1.40. The molecular formula is C22H23N7O4. The van der Waals surface area contributed by atoms with E-state index in [-0.39, 0.29) is 17.9 Å². The first kappa shape index (κ1) is 21.9. The summed E-state index contributed by atoms with van der Waals surface area (Å²) < 4.78 is 13.6. The third-order valence-electron chi connectivity index (χ3n) is 5.13. The van der Waals surface area contributed by atoms with Crippen LogP contribution in [-0.4, -0.2) is 49.9 Å². The van der Waals surface area contributed by atoms with Crippen LogP contribution in [0, 0.1) is 6.92 Å². The van der Waals surface area contributed by atoms with Crippen molar-refractivity contribution in [2.75, 3.05) is 19.5 Å².